The van der Waals surface area contributed by atoms with Crippen molar-refractivity contribution < 1.29 is 14.4 Å². The topological polar surface area (TPSA) is 58.6 Å². The van der Waals surface area contributed by atoms with Gasteiger partial charge in [0.2, 0.25) is 0 Å². The summed E-state index contributed by atoms with van der Waals surface area (Å²) in [5.41, 5.74) is 2.72. The number of carbonyl (C=O) groups excluding carboxylic acids is 2. The molecule has 2 rings (SSSR count). The summed E-state index contributed by atoms with van der Waals surface area (Å²) in [5.74, 6) is -0.476. The summed E-state index contributed by atoms with van der Waals surface area (Å²) < 4.78 is 0. The number of halogens is 1. The van der Waals surface area contributed by atoms with E-state index in [0.29, 0.717) is 10.6 Å². The van der Waals surface area contributed by atoms with E-state index in [2.05, 4.69) is 5.48 Å². The van der Waals surface area contributed by atoms with Gasteiger partial charge in [-0.3, -0.25) is 14.4 Å². The van der Waals surface area contributed by atoms with Crippen LogP contribution in [-0.4, -0.2) is 36.4 Å². The van der Waals surface area contributed by atoms with E-state index in [1.807, 2.05) is 4.90 Å². The number of likely N-dealkylation sites (tertiary alicyclic amines) is 1. The molecule has 22 heavy (non-hydrogen) atoms. The van der Waals surface area contributed by atoms with Crippen molar-refractivity contribution in [2.24, 2.45) is 0 Å². The molecule has 5 nitrogen and oxygen atoms in total. The maximum Gasteiger partial charge on any atom is 0.274 e. The minimum Gasteiger partial charge on any atom is -0.341 e. The zero-order chi connectivity index (χ0) is 15.8. The van der Waals surface area contributed by atoms with Crippen molar-refractivity contribution in [1.29, 1.82) is 0 Å². The Balaban J connectivity index is 1.73. The zero-order valence-electron chi connectivity index (χ0n) is 12.5. The summed E-state index contributed by atoms with van der Waals surface area (Å²) in [6.45, 7) is 1.40. The Kier molecular flexibility index (Phi) is 6.68. The van der Waals surface area contributed by atoms with Crippen molar-refractivity contribution in [2.75, 3.05) is 19.7 Å². The van der Waals surface area contributed by atoms with Gasteiger partial charge < -0.3 is 4.90 Å². The molecule has 6 heteroatoms. The first-order valence-corrected chi connectivity index (χ1v) is 8.00. The molecular weight excluding hydrogens is 304 g/mol. The van der Waals surface area contributed by atoms with Crippen LogP contribution in [0, 0.1) is 0 Å². The fourth-order valence-corrected chi connectivity index (χ4v) is 2.54. The van der Waals surface area contributed by atoms with Gasteiger partial charge in [0.1, 0.15) is 0 Å². The predicted octanol–water partition coefficient (Wildman–Crippen LogP) is 2.79. The van der Waals surface area contributed by atoms with Gasteiger partial charge in [-0.1, -0.05) is 30.9 Å². The van der Waals surface area contributed by atoms with Crippen LogP contribution in [0.4, 0.5) is 0 Å². The van der Waals surface area contributed by atoms with Crippen LogP contribution in [0.25, 0.3) is 0 Å². The molecule has 1 aliphatic rings. The highest BCUT2D eigenvalue weighted by molar-refractivity contribution is 6.30. The van der Waals surface area contributed by atoms with Gasteiger partial charge in [-0.25, -0.2) is 5.48 Å². The molecule has 1 aromatic carbocycles. The van der Waals surface area contributed by atoms with Crippen molar-refractivity contribution in [1.82, 2.24) is 10.4 Å². The summed E-state index contributed by atoms with van der Waals surface area (Å²) in [6, 6.07) is 6.45. The summed E-state index contributed by atoms with van der Waals surface area (Å²) in [5, 5.41) is 0.560. The molecular formula is C16H21ClN2O3. The van der Waals surface area contributed by atoms with Gasteiger partial charge in [0.05, 0.1) is 0 Å². The minimum atomic E-state index is -0.392. The first-order valence-electron chi connectivity index (χ1n) is 7.62. The first-order chi connectivity index (χ1) is 10.7. The molecule has 0 aliphatic carbocycles. The van der Waals surface area contributed by atoms with E-state index in [0.717, 1.165) is 38.8 Å². The van der Waals surface area contributed by atoms with Crippen molar-refractivity contribution in [3.05, 3.63) is 34.9 Å². The number of hydroxylamine groups is 1. The molecule has 1 N–H and O–H groups in total. The second-order valence-corrected chi connectivity index (χ2v) is 5.81. The Morgan fingerprint density at radius 2 is 1.64 bits per heavy atom. The summed E-state index contributed by atoms with van der Waals surface area (Å²) in [7, 11) is 0. The molecule has 1 fully saturated rings. The van der Waals surface area contributed by atoms with E-state index in [1.54, 1.807) is 24.3 Å². The van der Waals surface area contributed by atoms with E-state index in [4.69, 9.17) is 16.4 Å². The third kappa shape index (κ3) is 5.31. The van der Waals surface area contributed by atoms with Crippen LogP contribution in [0.2, 0.25) is 5.02 Å². The van der Waals surface area contributed by atoms with Gasteiger partial charge in [0, 0.05) is 23.7 Å². The number of nitrogens with zero attached hydrogens (tertiary/aromatic N) is 1. The quantitative estimate of drug-likeness (QED) is 0.866. The lowest BCUT2D eigenvalue weighted by Crippen LogP contribution is -2.38. The molecule has 2 amide bonds. The number of rotatable bonds is 4. The molecule has 0 unspecified atom stereocenters. The number of hydrogen-bond donors (Lipinski definition) is 1. The van der Waals surface area contributed by atoms with Crippen molar-refractivity contribution in [3.8, 4) is 0 Å². The molecule has 0 spiro atoms. The molecule has 1 heterocycles. The van der Waals surface area contributed by atoms with Crippen LogP contribution in [0.5, 0.6) is 0 Å². The fourth-order valence-electron chi connectivity index (χ4n) is 2.41. The summed E-state index contributed by atoms with van der Waals surface area (Å²) in [6.07, 6.45) is 5.64. The van der Waals surface area contributed by atoms with Gasteiger partial charge in [0.15, 0.2) is 6.61 Å². The lowest BCUT2D eigenvalue weighted by molar-refractivity contribution is -0.138. The maximum atomic E-state index is 12.1. The average molecular weight is 325 g/mol. The lowest BCUT2D eigenvalue weighted by Gasteiger charge is -2.24. The molecule has 0 bridgehead atoms. The van der Waals surface area contributed by atoms with E-state index < -0.39 is 5.91 Å². The average Bonchev–Trinajstić information content (AvgIpc) is 2.47. The fraction of sp³-hybridized carbons (Fsp3) is 0.500. The number of amides is 2. The Bertz CT molecular complexity index is 497. The number of hydrogen-bond acceptors (Lipinski definition) is 3. The SMILES string of the molecule is O=C(NOCC(=O)N1CCCCCCC1)c1ccc(Cl)cc1. The van der Waals surface area contributed by atoms with Gasteiger partial charge in [-0.05, 0) is 37.1 Å². The molecule has 0 saturated carbocycles. The molecule has 0 atom stereocenters. The predicted molar refractivity (Wildman–Crippen MR) is 84.5 cm³/mol. The number of benzene rings is 1. The molecule has 120 valence electrons. The Morgan fingerprint density at radius 3 is 2.27 bits per heavy atom. The van der Waals surface area contributed by atoms with Crippen LogP contribution < -0.4 is 5.48 Å². The number of nitrogens with one attached hydrogen (secondary N) is 1. The maximum absolute atomic E-state index is 12.1. The third-order valence-corrected chi connectivity index (χ3v) is 3.93. The highest BCUT2D eigenvalue weighted by atomic mass is 35.5. The van der Waals surface area contributed by atoms with Crippen molar-refractivity contribution >= 4 is 23.4 Å². The second kappa shape index (κ2) is 8.76. The van der Waals surface area contributed by atoms with Crippen molar-refractivity contribution in [3.63, 3.8) is 0 Å². The number of carbonyl (C=O) groups is 2. The summed E-state index contributed by atoms with van der Waals surface area (Å²) >= 11 is 5.76. The molecule has 1 saturated heterocycles. The van der Waals surface area contributed by atoms with E-state index in [-0.39, 0.29) is 12.5 Å². The van der Waals surface area contributed by atoms with E-state index in [1.165, 1.54) is 6.42 Å². The Hall–Kier alpha value is -1.59. The van der Waals surface area contributed by atoms with E-state index in [9.17, 15) is 9.59 Å². The normalized spacial score (nSPS) is 15.8. The molecule has 0 aromatic heterocycles. The minimum absolute atomic E-state index is 0.0849. The molecule has 1 aliphatic heterocycles. The highest BCUT2D eigenvalue weighted by Gasteiger charge is 2.15. The van der Waals surface area contributed by atoms with Gasteiger partial charge in [-0.2, -0.15) is 0 Å². The largest absolute Gasteiger partial charge is 0.341 e. The van der Waals surface area contributed by atoms with Crippen LogP contribution in [-0.2, 0) is 9.63 Å². The lowest BCUT2D eigenvalue weighted by atomic mass is 10.1. The monoisotopic (exact) mass is 324 g/mol. The smallest absolute Gasteiger partial charge is 0.274 e. The van der Waals surface area contributed by atoms with Crippen LogP contribution in [0.3, 0.4) is 0 Å². The second-order valence-electron chi connectivity index (χ2n) is 5.38. The van der Waals surface area contributed by atoms with E-state index >= 15 is 0 Å². The Morgan fingerprint density at radius 1 is 1.05 bits per heavy atom. The van der Waals surface area contributed by atoms with Crippen molar-refractivity contribution in [2.45, 2.75) is 32.1 Å². The van der Waals surface area contributed by atoms with Crippen LogP contribution in [0.1, 0.15) is 42.5 Å². The highest BCUT2D eigenvalue weighted by Crippen LogP contribution is 2.11. The van der Waals surface area contributed by atoms with Gasteiger partial charge in [0.25, 0.3) is 11.8 Å². The zero-order valence-corrected chi connectivity index (χ0v) is 13.3. The van der Waals surface area contributed by atoms with Crippen LogP contribution >= 0.6 is 11.6 Å². The first kappa shape index (κ1) is 16.8. The van der Waals surface area contributed by atoms with Gasteiger partial charge in [-0.15, -0.1) is 0 Å². The molecule has 0 radical (unpaired) electrons. The Labute approximate surface area is 135 Å². The molecule has 1 aromatic rings. The van der Waals surface area contributed by atoms with Gasteiger partial charge >= 0.3 is 0 Å². The standard InChI is InChI=1S/C16H21ClN2O3/c17-14-8-6-13(7-9-14)16(21)18-22-12-15(20)19-10-4-2-1-3-5-11-19/h6-9H,1-5,10-12H2,(H,18,21). The van der Waals surface area contributed by atoms with Crippen LogP contribution in [0.15, 0.2) is 24.3 Å². The summed E-state index contributed by atoms with van der Waals surface area (Å²) in [4.78, 5) is 30.7. The third-order valence-electron chi connectivity index (χ3n) is 3.68.